The van der Waals surface area contributed by atoms with Gasteiger partial charge in [-0.1, -0.05) is 23.2 Å². The monoisotopic (exact) mass is 259 g/mol. The van der Waals surface area contributed by atoms with Crippen LogP contribution in [0.1, 0.15) is 6.92 Å². The molecule has 0 atom stereocenters. The Labute approximate surface area is 103 Å². The van der Waals surface area contributed by atoms with Crippen LogP contribution in [-0.4, -0.2) is 18.1 Å². The van der Waals surface area contributed by atoms with Gasteiger partial charge in [0.05, 0.1) is 16.7 Å². The van der Waals surface area contributed by atoms with Gasteiger partial charge in [-0.15, -0.1) is 0 Å². The number of nitrogens with one attached hydrogen (secondary N) is 1. The zero-order valence-corrected chi connectivity index (χ0v) is 10.2. The lowest BCUT2D eigenvalue weighted by Crippen LogP contribution is -1.80. The van der Waals surface area contributed by atoms with E-state index in [1.54, 1.807) is 13.0 Å². The first-order valence-corrected chi connectivity index (χ1v) is 5.42. The van der Waals surface area contributed by atoms with Crippen molar-refractivity contribution in [2.45, 2.75) is 6.92 Å². The molecule has 0 aliphatic carbocycles. The number of ether oxygens (including phenoxy) is 1. The molecule has 1 heterocycles. The molecule has 16 heavy (non-hydrogen) atoms. The standard InChI is InChI=1S/C8H5Cl2N.C3H6O2/c9-6-1-2-7-5(8(6)10)3-4-11-7;1-2-5-3-4/h1-4,11H;3H,2H2,1H3. The van der Waals surface area contributed by atoms with Crippen LogP contribution in [0.2, 0.25) is 10.0 Å². The van der Waals surface area contributed by atoms with E-state index in [0.717, 1.165) is 10.9 Å². The summed E-state index contributed by atoms with van der Waals surface area (Å²) in [5, 5.41) is 2.18. The van der Waals surface area contributed by atoms with E-state index in [2.05, 4.69) is 9.72 Å². The van der Waals surface area contributed by atoms with Crippen molar-refractivity contribution in [2.75, 3.05) is 6.61 Å². The number of carbonyl (C=O) groups excluding carboxylic acids is 1. The van der Waals surface area contributed by atoms with Gasteiger partial charge in [-0.3, -0.25) is 4.79 Å². The summed E-state index contributed by atoms with van der Waals surface area (Å²) in [6.07, 6.45) is 1.84. The number of halogens is 2. The summed E-state index contributed by atoms with van der Waals surface area (Å²) >= 11 is 11.7. The number of fused-ring (bicyclic) bond motifs is 1. The molecule has 1 aromatic carbocycles. The molecule has 0 radical (unpaired) electrons. The highest BCUT2D eigenvalue weighted by molar-refractivity contribution is 6.45. The number of carbonyl (C=O) groups is 1. The molecule has 86 valence electrons. The smallest absolute Gasteiger partial charge is 0.293 e. The molecule has 0 aliphatic rings. The first-order valence-electron chi connectivity index (χ1n) is 4.67. The molecule has 0 saturated heterocycles. The topological polar surface area (TPSA) is 42.1 Å². The predicted molar refractivity (Wildman–Crippen MR) is 66.0 cm³/mol. The van der Waals surface area contributed by atoms with Gasteiger partial charge in [0.15, 0.2) is 0 Å². The van der Waals surface area contributed by atoms with Crippen molar-refractivity contribution >= 4 is 40.6 Å². The van der Waals surface area contributed by atoms with Gasteiger partial charge < -0.3 is 9.72 Å². The van der Waals surface area contributed by atoms with E-state index in [1.165, 1.54) is 0 Å². The summed E-state index contributed by atoms with van der Waals surface area (Å²) in [5.74, 6) is 0. The van der Waals surface area contributed by atoms with Gasteiger partial charge in [-0.05, 0) is 25.1 Å². The Bertz CT molecular complexity index is 468. The molecule has 0 aliphatic heterocycles. The van der Waals surface area contributed by atoms with Crippen LogP contribution in [0.5, 0.6) is 0 Å². The van der Waals surface area contributed by atoms with Crippen LogP contribution in [0.4, 0.5) is 0 Å². The van der Waals surface area contributed by atoms with Crippen molar-refractivity contribution in [3.05, 3.63) is 34.4 Å². The summed E-state index contributed by atoms with van der Waals surface area (Å²) in [7, 11) is 0. The van der Waals surface area contributed by atoms with E-state index in [9.17, 15) is 4.79 Å². The Hall–Kier alpha value is -1.19. The summed E-state index contributed by atoms with van der Waals surface area (Å²) in [5.41, 5.74) is 1.01. The first kappa shape index (κ1) is 12.9. The minimum atomic E-state index is 0.431. The van der Waals surface area contributed by atoms with Crippen LogP contribution in [0.3, 0.4) is 0 Å². The second kappa shape index (κ2) is 6.40. The number of aromatic amines is 1. The number of rotatable bonds is 2. The minimum absolute atomic E-state index is 0.431. The molecule has 3 nitrogen and oxygen atoms in total. The number of hydrogen-bond donors (Lipinski definition) is 1. The summed E-state index contributed by atoms with van der Waals surface area (Å²) in [4.78, 5) is 12.2. The summed E-state index contributed by atoms with van der Waals surface area (Å²) in [6, 6.07) is 5.59. The number of hydrogen-bond acceptors (Lipinski definition) is 2. The number of benzene rings is 1. The maximum absolute atomic E-state index is 9.18. The maximum atomic E-state index is 9.18. The molecule has 1 aromatic heterocycles. The Morgan fingerprint density at radius 3 is 2.69 bits per heavy atom. The third kappa shape index (κ3) is 3.15. The van der Waals surface area contributed by atoms with Gasteiger partial charge in [-0.2, -0.15) is 0 Å². The molecule has 1 N–H and O–H groups in total. The Kier molecular flexibility index (Phi) is 5.15. The Morgan fingerprint density at radius 2 is 2.12 bits per heavy atom. The van der Waals surface area contributed by atoms with E-state index in [1.807, 2.05) is 18.3 Å². The maximum Gasteiger partial charge on any atom is 0.293 e. The van der Waals surface area contributed by atoms with Crippen LogP contribution >= 0.6 is 23.2 Å². The molecule has 0 fully saturated rings. The minimum Gasteiger partial charge on any atom is -0.468 e. The highest BCUT2D eigenvalue weighted by atomic mass is 35.5. The van der Waals surface area contributed by atoms with Crippen LogP contribution in [0, 0.1) is 0 Å². The van der Waals surface area contributed by atoms with Gasteiger partial charge in [0.1, 0.15) is 0 Å². The number of H-pyrrole nitrogens is 1. The molecular formula is C11H11Cl2NO2. The third-order valence-corrected chi connectivity index (χ3v) is 2.68. The average Bonchev–Trinajstić information content (AvgIpc) is 2.74. The van der Waals surface area contributed by atoms with E-state index >= 15 is 0 Å². The van der Waals surface area contributed by atoms with Crippen LogP contribution in [0.15, 0.2) is 24.4 Å². The highest BCUT2D eigenvalue weighted by Gasteiger charge is 2.02. The second-order valence-electron chi connectivity index (χ2n) is 2.85. The van der Waals surface area contributed by atoms with E-state index in [4.69, 9.17) is 23.2 Å². The first-order chi connectivity index (χ1) is 7.70. The van der Waals surface area contributed by atoms with Crippen molar-refractivity contribution in [1.29, 1.82) is 0 Å². The van der Waals surface area contributed by atoms with Crippen LogP contribution in [-0.2, 0) is 9.53 Å². The lowest BCUT2D eigenvalue weighted by molar-refractivity contribution is -0.128. The fourth-order valence-electron chi connectivity index (χ4n) is 1.14. The molecule has 5 heteroatoms. The van der Waals surface area contributed by atoms with Crippen LogP contribution in [0.25, 0.3) is 10.9 Å². The highest BCUT2D eigenvalue weighted by Crippen LogP contribution is 2.29. The van der Waals surface area contributed by atoms with Crippen molar-refractivity contribution < 1.29 is 9.53 Å². The molecule has 2 aromatic rings. The van der Waals surface area contributed by atoms with Crippen LogP contribution < -0.4 is 0 Å². The Morgan fingerprint density at radius 1 is 1.38 bits per heavy atom. The largest absolute Gasteiger partial charge is 0.468 e. The SMILES string of the molecule is CCOC=O.Clc1ccc2[nH]ccc2c1Cl. The van der Waals surface area contributed by atoms with Crippen molar-refractivity contribution in [2.24, 2.45) is 0 Å². The molecule has 0 saturated carbocycles. The molecule has 0 bridgehead atoms. The molecule has 0 amide bonds. The van der Waals surface area contributed by atoms with Crippen molar-refractivity contribution in [3.63, 3.8) is 0 Å². The van der Waals surface area contributed by atoms with Crippen molar-refractivity contribution in [3.8, 4) is 0 Å². The lowest BCUT2D eigenvalue weighted by Gasteiger charge is -1.95. The van der Waals surface area contributed by atoms with E-state index < -0.39 is 0 Å². The van der Waals surface area contributed by atoms with Gasteiger partial charge in [0, 0.05) is 17.1 Å². The number of aromatic nitrogens is 1. The molecule has 2 rings (SSSR count). The van der Waals surface area contributed by atoms with Gasteiger partial charge in [0.2, 0.25) is 0 Å². The lowest BCUT2D eigenvalue weighted by atomic mass is 10.2. The Balaban J connectivity index is 0.000000221. The normalized spacial score (nSPS) is 9.44. The molecule has 0 unspecified atom stereocenters. The predicted octanol–water partition coefficient (Wildman–Crippen LogP) is 3.65. The van der Waals surface area contributed by atoms with Gasteiger partial charge >= 0.3 is 0 Å². The van der Waals surface area contributed by atoms with E-state index in [0.29, 0.717) is 23.1 Å². The second-order valence-corrected chi connectivity index (χ2v) is 3.64. The van der Waals surface area contributed by atoms with Crippen molar-refractivity contribution in [1.82, 2.24) is 4.98 Å². The zero-order chi connectivity index (χ0) is 12.0. The zero-order valence-electron chi connectivity index (χ0n) is 8.67. The molecular weight excluding hydrogens is 249 g/mol. The fourth-order valence-corrected chi connectivity index (χ4v) is 1.53. The van der Waals surface area contributed by atoms with Gasteiger partial charge in [-0.25, -0.2) is 0 Å². The average molecular weight is 260 g/mol. The fraction of sp³-hybridized carbons (Fsp3) is 0.182. The molecule has 0 spiro atoms. The quantitative estimate of drug-likeness (QED) is 0.837. The third-order valence-electron chi connectivity index (χ3n) is 1.86. The van der Waals surface area contributed by atoms with Gasteiger partial charge in [0.25, 0.3) is 6.47 Å². The summed E-state index contributed by atoms with van der Waals surface area (Å²) in [6.45, 7) is 2.66. The summed E-state index contributed by atoms with van der Waals surface area (Å²) < 4.78 is 4.15. The van der Waals surface area contributed by atoms with E-state index in [-0.39, 0.29) is 0 Å².